The summed E-state index contributed by atoms with van der Waals surface area (Å²) in [5.41, 5.74) is 0. The second kappa shape index (κ2) is 12.5. The van der Waals surface area contributed by atoms with Crippen molar-refractivity contribution in [3.8, 4) is 0 Å². The van der Waals surface area contributed by atoms with E-state index < -0.39 is 0 Å². The third-order valence-corrected chi connectivity index (χ3v) is 4.96. The van der Waals surface area contributed by atoms with Crippen molar-refractivity contribution < 1.29 is 31.3 Å². The molecule has 0 aromatic rings. The van der Waals surface area contributed by atoms with Crippen molar-refractivity contribution in [1.82, 2.24) is 5.32 Å². The Labute approximate surface area is 155 Å². The fraction of sp³-hybridized carbons (Fsp3) is 1.00. The fourth-order valence-corrected chi connectivity index (χ4v) is 3.43. The maximum absolute atomic E-state index is 9.75. The molecule has 1 heterocycles. The van der Waals surface area contributed by atoms with Crippen LogP contribution >= 0.6 is 0 Å². The van der Waals surface area contributed by atoms with E-state index in [1.54, 1.807) is 0 Å². The fourth-order valence-electron chi connectivity index (χ4n) is 3.43. The molecule has 3 N–H and O–H groups in total. The van der Waals surface area contributed by atoms with Crippen LogP contribution in [0.4, 0.5) is 0 Å². The molecule has 5 nitrogen and oxygen atoms in total. The van der Waals surface area contributed by atoms with Crippen LogP contribution in [0.15, 0.2) is 10.2 Å². The van der Waals surface area contributed by atoms with Crippen molar-refractivity contribution >= 4 is 0 Å². The Morgan fingerprint density at radius 1 is 0.609 bits per heavy atom. The van der Waals surface area contributed by atoms with Gasteiger partial charge >= 0.3 is 0 Å². The van der Waals surface area contributed by atoms with Crippen LogP contribution in [0, 0.1) is 0 Å². The second-order valence-corrected chi connectivity index (χ2v) is 6.88. The van der Waals surface area contributed by atoms with E-state index in [2.05, 4.69) is 15.5 Å². The molecule has 2 saturated carbocycles. The summed E-state index contributed by atoms with van der Waals surface area (Å²) in [5, 5.41) is 31.3. The molecule has 0 spiro atoms. The number of piperidine rings is 1. The first-order valence-corrected chi connectivity index (χ1v) is 9.24. The van der Waals surface area contributed by atoms with Crippen LogP contribution in [0.2, 0.25) is 0 Å². The van der Waals surface area contributed by atoms with Gasteiger partial charge in [0, 0.05) is 21.1 Å². The number of rotatable bonds is 2. The first-order chi connectivity index (χ1) is 10.8. The van der Waals surface area contributed by atoms with E-state index in [-0.39, 0.29) is 45.4 Å². The van der Waals surface area contributed by atoms with Gasteiger partial charge in [0.2, 0.25) is 0 Å². The Morgan fingerprint density at radius 2 is 1.04 bits per heavy atom. The third kappa shape index (κ3) is 8.20. The summed E-state index contributed by atoms with van der Waals surface area (Å²) >= 11 is 0. The summed E-state index contributed by atoms with van der Waals surface area (Å²) in [6.07, 6.45) is 11.6. The predicted octanol–water partition coefficient (Wildman–Crippen LogP) is 2.80. The van der Waals surface area contributed by atoms with Gasteiger partial charge in [-0.25, -0.2) is 0 Å². The minimum atomic E-state index is -0.321. The van der Waals surface area contributed by atoms with Crippen LogP contribution in [-0.4, -0.2) is 47.6 Å². The largest absolute Gasteiger partial charge is 0.391 e. The molecule has 0 aromatic heterocycles. The van der Waals surface area contributed by atoms with Gasteiger partial charge in [0.25, 0.3) is 0 Å². The maximum atomic E-state index is 9.75. The molecule has 6 heteroatoms. The Bertz CT molecular complexity index is 291. The number of nitrogens with zero attached hydrogens (tertiary/aromatic N) is 2. The maximum Gasteiger partial charge on any atom is 0.0966 e. The topological polar surface area (TPSA) is 77.2 Å². The standard InChI is InChI=1S/C12H22N2O2.C5H11N.Pt/c15-11-7-3-1-5-9(11)13-14-10-6-2-4-8-12(10)16;1-2-4-6-5-3-1;/h9-12,15-16H,1-8H2;6H,1-5H2;. The predicted molar refractivity (Wildman–Crippen MR) is 88.1 cm³/mol. The molecule has 3 fully saturated rings. The Kier molecular flexibility index (Phi) is 11.5. The van der Waals surface area contributed by atoms with E-state index in [0.717, 1.165) is 51.4 Å². The van der Waals surface area contributed by atoms with Gasteiger partial charge in [0.15, 0.2) is 0 Å². The zero-order valence-electron chi connectivity index (χ0n) is 14.1. The van der Waals surface area contributed by atoms with E-state index in [1.165, 1.54) is 32.4 Å². The van der Waals surface area contributed by atoms with Crippen molar-refractivity contribution in [3.05, 3.63) is 0 Å². The summed E-state index contributed by atoms with van der Waals surface area (Å²) < 4.78 is 0. The van der Waals surface area contributed by atoms with Crippen molar-refractivity contribution in [2.45, 2.75) is 94.9 Å². The second-order valence-electron chi connectivity index (χ2n) is 6.88. The first-order valence-electron chi connectivity index (χ1n) is 9.24. The molecular weight excluding hydrogens is 473 g/mol. The van der Waals surface area contributed by atoms with Crippen LogP contribution < -0.4 is 5.32 Å². The van der Waals surface area contributed by atoms with E-state index >= 15 is 0 Å². The number of aliphatic hydroxyl groups is 2. The zero-order chi connectivity index (χ0) is 15.6. The van der Waals surface area contributed by atoms with E-state index in [0.29, 0.717) is 0 Å². The van der Waals surface area contributed by atoms with Crippen molar-refractivity contribution in [2.24, 2.45) is 10.2 Å². The molecule has 1 aliphatic heterocycles. The van der Waals surface area contributed by atoms with Gasteiger partial charge in [0.1, 0.15) is 0 Å². The smallest absolute Gasteiger partial charge is 0.0966 e. The van der Waals surface area contributed by atoms with Gasteiger partial charge < -0.3 is 15.5 Å². The summed E-state index contributed by atoms with van der Waals surface area (Å²) in [5.74, 6) is 0. The molecule has 2 aliphatic carbocycles. The van der Waals surface area contributed by atoms with Crippen LogP contribution in [0.25, 0.3) is 0 Å². The number of aliphatic hydroxyl groups excluding tert-OH is 2. The Morgan fingerprint density at radius 3 is 1.35 bits per heavy atom. The number of hydrogen-bond acceptors (Lipinski definition) is 5. The molecule has 0 amide bonds. The Hall–Kier alpha value is 0.168. The average molecular weight is 507 g/mol. The average Bonchev–Trinajstić information content (AvgIpc) is 2.58. The molecule has 23 heavy (non-hydrogen) atoms. The molecular formula is C17H33N3O2Pt. The molecule has 0 bridgehead atoms. The minimum absolute atomic E-state index is 0. The molecule has 3 rings (SSSR count). The molecule has 0 radical (unpaired) electrons. The summed E-state index contributed by atoms with van der Waals surface area (Å²) in [6, 6.07) is -0.0502. The molecule has 0 aromatic carbocycles. The van der Waals surface area contributed by atoms with Crippen molar-refractivity contribution in [2.75, 3.05) is 13.1 Å². The van der Waals surface area contributed by atoms with E-state index in [1.807, 2.05) is 0 Å². The van der Waals surface area contributed by atoms with Crippen molar-refractivity contribution in [1.29, 1.82) is 0 Å². The van der Waals surface area contributed by atoms with Gasteiger partial charge in [-0.1, -0.05) is 32.1 Å². The van der Waals surface area contributed by atoms with Crippen LogP contribution in [0.1, 0.15) is 70.6 Å². The summed E-state index contributed by atoms with van der Waals surface area (Å²) in [7, 11) is 0. The van der Waals surface area contributed by atoms with E-state index in [4.69, 9.17) is 0 Å². The van der Waals surface area contributed by atoms with Gasteiger partial charge in [0.05, 0.1) is 24.3 Å². The van der Waals surface area contributed by atoms with E-state index in [9.17, 15) is 10.2 Å². The Balaban J connectivity index is 0.000000320. The van der Waals surface area contributed by atoms with Gasteiger partial charge in [-0.3, -0.25) is 0 Å². The van der Waals surface area contributed by atoms with Gasteiger partial charge in [-0.05, 0) is 51.6 Å². The van der Waals surface area contributed by atoms with Crippen LogP contribution in [-0.2, 0) is 21.1 Å². The van der Waals surface area contributed by atoms with Gasteiger partial charge in [-0.15, -0.1) is 0 Å². The zero-order valence-corrected chi connectivity index (χ0v) is 16.4. The first kappa shape index (κ1) is 21.2. The molecule has 4 atom stereocenters. The molecule has 4 unspecified atom stereocenters. The molecule has 1 saturated heterocycles. The number of nitrogens with one attached hydrogen (secondary N) is 1. The molecule has 3 aliphatic rings. The summed E-state index contributed by atoms with van der Waals surface area (Å²) in [4.78, 5) is 0. The quantitative estimate of drug-likeness (QED) is 0.505. The van der Waals surface area contributed by atoms with Crippen LogP contribution in [0.3, 0.4) is 0 Å². The number of azo groups is 1. The SMILES string of the molecule is C1CCNCC1.OC1CCCCC1N=NC1CCCCC1O.[Pt]. The summed E-state index contributed by atoms with van der Waals surface area (Å²) in [6.45, 7) is 2.50. The van der Waals surface area contributed by atoms with Crippen LogP contribution in [0.5, 0.6) is 0 Å². The van der Waals surface area contributed by atoms with Gasteiger partial charge in [-0.2, -0.15) is 10.2 Å². The normalized spacial score (nSPS) is 35.0. The molecule has 138 valence electrons. The third-order valence-electron chi connectivity index (χ3n) is 4.96. The minimum Gasteiger partial charge on any atom is -0.391 e. The van der Waals surface area contributed by atoms with Crippen molar-refractivity contribution in [3.63, 3.8) is 0 Å². The monoisotopic (exact) mass is 506 g/mol. The number of hydrogen-bond donors (Lipinski definition) is 3.